The van der Waals surface area contributed by atoms with Crippen LogP contribution in [-0.2, 0) is 16.1 Å². The van der Waals surface area contributed by atoms with Gasteiger partial charge in [0.1, 0.15) is 6.61 Å². The first-order valence-corrected chi connectivity index (χ1v) is 7.03. The molecule has 0 heterocycles. The molecule has 4 heteroatoms. The highest BCUT2D eigenvalue weighted by Crippen LogP contribution is 2.20. The van der Waals surface area contributed by atoms with E-state index < -0.39 is 0 Å². The number of nitrogens with two attached hydrogens (primary N) is 1. The van der Waals surface area contributed by atoms with Crippen molar-refractivity contribution in [2.75, 3.05) is 0 Å². The first kappa shape index (κ1) is 16.4. The molecule has 0 spiro atoms. The molecule has 0 saturated carbocycles. The Morgan fingerprint density at radius 2 is 1.75 bits per heavy atom. The molecule has 0 saturated heterocycles. The Labute approximate surface area is 127 Å². The Balaban J connectivity index is 0.000000200. The third-order valence-corrected chi connectivity index (χ3v) is 3.28. The van der Waals surface area contributed by atoms with E-state index in [2.05, 4.69) is 20.7 Å². The number of carbonyl (C=O) groups excluding carboxylic acids is 1. The van der Waals surface area contributed by atoms with Crippen LogP contribution < -0.4 is 5.73 Å². The summed E-state index contributed by atoms with van der Waals surface area (Å²) < 4.78 is 5.63. The van der Waals surface area contributed by atoms with E-state index in [0.29, 0.717) is 13.1 Å². The largest absolute Gasteiger partial charge is 0.463 e. The van der Waals surface area contributed by atoms with Crippen LogP contribution in [0.2, 0.25) is 0 Å². The lowest BCUT2D eigenvalue weighted by Gasteiger charge is -2.06. The van der Waals surface area contributed by atoms with Gasteiger partial charge in [-0.15, -0.1) is 0 Å². The zero-order valence-corrected chi connectivity index (χ0v) is 12.9. The van der Waals surface area contributed by atoms with E-state index in [9.17, 15) is 4.79 Å². The molecule has 0 radical (unpaired) electrons. The summed E-state index contributed by atoms with van der Waals surface area (Å²) in [6.07, 6.45) is 0. The molecule has 0 aromatic heterocycles. The predicted octanol–water partition coefficient (Wildman–Crippen LogP) is 3.83. The fraction of sp³-hybridized carbons (Fsp3) is 0.188. The van der Waals surface area contributed by atoms with Crippen LogP contribution in [0.25, 0.3) is 0 Å². The molecular weight excluding hydrogens is 318 g/mol. The minimum atomic E-state index is 0.107. The molecule has 3 nitrogen and oxygen atoms in total. The Morgan fingerprint density at radius 1 is 1.15 bits per heavy atom. The van der Waals surface area contributed by atoms with Crippen LogP contribution in [0.5, 0.6) is 0 Å². The number of halogens is 1. The van der Waals surface area contributed by atoms with Crippen molar-refractivity contribution in [3.05, 3.63) is 70.2 Å². The van der Waals surface area contributed by atoms with Crippen molar-refractivity contribution in [2.24, 2.45) is 5.73 Å². The summed E-state index contributed by atoms with van der Waals surface area (Å²) >= 11 is 3.42. The van der Waals surface area contributed by atoms with Gasteiger partial charge in [-0.1, -0.05) is 64.5 Å². The SMILES string of the molecule is CC(N)c1ccccc1Br.O=COCc1ccccc1. The first-order valence-electron chi connectivity index (χ1n) is 6.24. The van der Waals surface area contributed by atoms with E-state index in [4.69, 9.17) is 5.73 Å². The molecule has 2 N–H and O–H groups in total. The topological polar surface area (TPSA) is 52.3 Å². The van der Waals surface area contributed by atoms with Gasteiger partial charge in [-0.25, -0.2) is 0 Å². The number of hydrogen-bond donors (Lipinski definition) is 1. The number of hydrogen-bond acceptors (Lipinski definition) is 3. The Bertz CT molecular complexity index is 515. The van der Waals surface area contributed by atoms with Crippen LogP contribution in [0.15, 0.2) is 59.1 Å². The second-order valence-electron chi connectivity index (χ2n) is 4.20. The summed E-state index contributed by atoms with van der Waals surface area (Å²) in [6.45, 7) is 2.79. The first-order chi connectivity index (χ1) is 9.65. The van der Waals surface area contributed by atoms with E-state index in [1.54, 1.807) is 0 Å². The molecule has 0 amide bonds. The number of benzene rings is 2. The van der Waals surface area contributed by atoms with Gasteiger partial charge in [0.05, 0.1) is 0 Å². The van der Waals surface area contributed by atoms with Crippen LogP contribution in [0.3, 0.4) is 0 Å². The lowest BCUT2D eigenvalue weighted by atomic mass is 10.1. The van der Waals surface area contributed by atoms with Crippen molar-refractivity contribution < 1.29 is 9.53 Å². The maximum Gasteiger partial charge on any atom is 0.293 e. The van der Waals surface area contributed by atoms with Crippen LogP contribution >= 0.6 is 15.9 Å². The molecule has 0 bridgehead atoms. The van der Waals surface area contributed by atoms with Gasteiger partial charge < -0.3 is 10.5 Å². The third kappa shape index (κ3) is 5.99. The lowest BCUT2D eigenvalue weighted by molar-refractivity contribution is -0.129. The molecule has 20 heavy (non-hydrogen) atoms. The second kappa shape index (κ2) is 9.28. The average molecular weight is 336 g/mol. The average Bonchev–Trinajstić information content (AvgIpc) is 2.47. The zero-order valence-electron chi connectivity index (χ0n) is 11.3. The lowest BCUT2D eigenvalue weighted by Crippen LogP contribution is -2.05. The molecule has 0 aliphatic rings. The summed E-state index contributed by atoms with van der Waals surface area (Å²) in [6, 6.07) is 17.6. The maximum absolute atomic E-state index is 9.76. The van der Waals surface area contributed by atoms with Gasteiger partial charge in [0, 0.05) is 10.5 Å². The van der Waals surface area contributed by atoms with E-state index in [1.165, 1.54) is 0 Å². The number of carbonyl (C=O) groups is 1. The molecular formula is C16H18BrNO2. The summed E-state index contributed by atoms with van der Waals surface area (Å²) in [5.41, 5.74) is 7.85. The molecule has 1 atom stereocenters. The highest BCUT2D eigenvalue weighted by molar-refractivity contribution is 9.10. The Hall–Kier alpha value is -1.65. The summed E-state index contributed by atoms with van der Waals surface area (Å²) in [5.74, 6) is 0. The fourth-order valence-electron chi connectivity index (χ4n) is 1.55. The Morgan fingerprint density at radius 3 is 2.25 bits per heavy atom. The van der Waals surface area contributed by atoms with Gasteiger partial charge >= 0.3 is 0 Å². The molecule has 106 valence electrons. The normalized spacial score (nSPS) is 10.9. The third-order valence-electron chi connectivity index (χ3n) is 2.56. The van der Waals surface area contributed by atoms with Crippen LogP contribution in [0, 0.1) is 0 Å². The van der Waals surface area contributed by atoms with Gasteiger partial charge in [0.25, 0.3) is 6.47 Å². The van der Waals surface area contributed by atoms with Crippen molar-refractivity contribution in [3.8, 4) is 0 Å². The van der Waals surface area contributed by atoms with Crippen LogP contribution in [-0.4, -0.2) is 6.47 Å². The van der Waals surface area contributed by atoms with Gasteiger partial charge in [0.2, 0.25) is 0 Å². The van der Waals surface area contributed by atoms with E-state index in [-0.39, 0.29) is 6.04 Å². The standard InChI is InChI=1S/C8H10BrN.C8H8O2/c1-6(10)7-4-2-3-5-8(7)9;9-7-10-6-8-4-2-1-3-5-8/h2-6H,10H2,1H3;1-5,7H,6H2. The van der Waals surface area contributed by atoms with E-state index in [0.717, 1.165) is 15.6 Å². The second-order valence-corrected chi connectivity index (χ2v) is 5.06. The smallest absolute Gasteiger partial charge is 0.293 e. The van der Waals surface area contributed by atoms with Gasteiger partial charge in [-0.2, -0.15) is 0 Å². The van der Waals surface area contributed by atoms with Crippen molar-refractivity contribution in [1.82, 2.24) is 0 Å². The van der Waals surface area contributed by atoms with Crippen molar-refractivity contribution in [3.63, 3.8) is 0 Å². The number of ether oxygens (including phenoxy) is 1. The molecule has 1 unspecified atom stereocenters. The quantitative estimate of drug-likeness (QED) is 0.864. The van der Waals surface area contributed by atoms with E-state index >= 15 is 0 Å². The fourth-order valence-corrected chi connectivity index (χ4v) is 2.19. The molecule has 2 rings (SSSR count). The molecule has 0 fully saturated rings. The summed E-state index contributed by atoms with van der Waals surface area (Å²) in [7, 11) is 0. The monoisotopic (exact) mass is 335 g/mol. The minimum absolute atomic E-state index is 0.107. The molecule has 0 aliphatic carbocycles. The zero-order chi connectivity index (χ0) is 14.8. The predicted molar refractivity (Wildman–Crippen MR) is 84.0 cm³/mol. The summed E-state index contributed by atoms with van der Waals surface area (Å²) in [5, 5.41) is 0. The minimum Gasteiger partial charge on any atom is -0.463 e. The van der Waals surface area contributed by atoms with E-state index in [1.807, 2.05) is 61.5 Å². The number of rotatable bonds is 4. The summed E-state index contributed by atoms with van der Waals surface area (Å²) in [4.78, 5) is 9.76. The van der Waals surface area contributed by atoms with Gasteiger partial charge in [0.15, 0.2) is 0 Å². The van der Waals surface area contributed by atoms with Gasteiger partial charge in [-0.3, -0.25) is 4.79 Å². The van der Waals surface area contributed by atoms with Crippen molar-refractivity contribution in [2.45, 2.75) is 19.6 Å². The highest BCUT2D eigenvalue weighted by Gasteiger charge is 2.01. The Kier molecular flexibility index (Phi) is 7.62. The van der Waals surface area contributed by atoms with Crippen LogP contribution in [0.4, 0.5) is 0 Å². The van der Waals surface area contributed by atoms with Gasteiger partial charge in [-0.05, 0) is 24.1 Å². The highest BCUT2D eigenvalue weighted by atomic mass is 79.9. The van der Waals surface area contributed by atoms with Crippen molar-refractivity contribution >= 4 is 22.4 Å². The van der Waals surface area contributed by atoms with Crippen LogP contribution in [0.1, 0.15) is 24.1 Å². The molecule has 2 aromatic rings. The molecule has 2 aromatic carbocycles. The molecule has 0 aliphatic heterocycles. The maximum atomic E-state index is 9.76. The van der Waals surface area contributed by atoms with Crippen molar-refractivity contribution in [1.29, 1.82) is 0 Å².